The standard InChI is InChI=1S/C21H30N4O2S/c1-5-22-21(23-8-7-18-13-28-15(4)25-18)24-12-17-11-20-16(9-14(3)27-20)10-19(17)26-6-2/h10-11,13-14H,5-9,12H2,1-4H3,(H2,22,23,24). The number of hydrogen-bond acceptors (Lipinski definition) is 5. The minimum Gasteiger partial charge on any atom is -0.494 e. The Labute approximate surface area is 171 Å². The molecule has 0 amide bonds. The number of aryl methyl sites for hydroxylation is 1. The molecule has 1 aromatic carbocycles. The first-order valence-electron chi connectivity index (χ1n) is 9.97. The summed E-state index contributed by atoms with van der Waals surface area (Å²) >= 11 is 1.69. The summed E-state index contributed by atoms with van der Waals surface area (Å²) in [4.78, 5) is 9.25. The maximum Gasteiger partial charge on any atom is 0.191 e. The van der Waals surface area contributed by atoms with E-state index in [2.05, 4.69) is 47.0 Å². The SMILES string of the molecule is CCNC(=NCc1cc2c(cc1OCC)CC(C)O2)NCCc1csc(C)n1. The molecule has 0 spiro atoms. The first kappa shape index (κ1) is 20.5. The van der Waals surface area contributed by atoms with Crippen LogP contribution in [0.3, 0.4) is 0 Å². The van der Waals surface area contributed by atoms with Crippen LogP contribution in [-0.2, 0) is 19.4 Å². The number of benzene rings is 1. The first-order chi connectivity index (χ1) is 13.6. The molecule has 2 heterocycles. The number of hydrogen-bond donors (Lipinski definition) is 2. The number of aliphatic imine (C=N–C) groups is 1. The fourth-order valence-corrected chi connectivity index (χ4v) is 3.88. The molecule has 1 unspecified atom stereocenters. The molecule has 2 aromatic rings. The van der Waals surface area contributed by atoms with Crippen LogP contribution in [0.25, 0.3) is 0 Å². The van der Waals surface area contributed by atoms with Gasteiger partial charge in [0.05, 0.1) is 23.9 Å². The molecule has 0 saturated heterocycles. The lowest BCUT2D eigenvalue weighted by Crippen LogP contribution is -2.38. The van der Waals surface area contributed by atoms with Crippen LogP contribution in [0.1, 0.15) is 42.6 Å². The van der Waals surface area contributed by atoms with Crippen LogP contribution in [0.15, 0.2) is 22.5 Å². The molecule has 0 saturated carbocycles. The molecule has 1 aromatic heterocycles. The van der Waals surface area contributed by atoms with Crippen molar-refractivity contribution in [1.82, 2.24) is 15.6 Å². The third-order valence-corrected chi connectivity index (χ3v) is 5.29. The highest BCUT2D eigenvalue weighted by molar-refractivity contribution is 7.09. The largest absolute Gasteiger partial charge is 0.494 e. The Bertz CT molecular complexity index is 819. The van der Waals surface area contributed by atoms with E-state index in [1.54, 1.807) is 11.3 Å². The van der Waals surface area contributed by atoms with Gasteiger partial charge in [-0.25, -0.2) is 9.98 Å². The predicted molar refractivity (Wildman–Crippen MR) is 115 cm³/mol. The van der Waals surface area contributed by atoms with Gasteiger partial charge in [-0.3, -0.25) is 0 Å². The van der Waals surface area contributed by atoms with Gasteiger partial charge in [-0.2, -0.15) is 0 Å². The normalized spacial score (nSPS) is 15.9. The van der Waals surface area contributed by atoms with Crippen molar-refractivity contribution < 1.29 is 9.47 Å². The minimum atomic E-state index is 0.219. The molecule has 152 valence electrons. The monoisotopic (exact) mass is 402 g/mol. The van der Waals surface area contributed by atoms with E-state index >= 15 is 0 Å². The van der Waals surface area contributed by atoms with Crippen LogP contribution in [0.2, 0.25) is 0 Å². The van der Waals surface area contributed by atoms with Crippen LogP contribution < -0.4 is 20.1 Å². The second kappa shape index (κ2) is 9.78. The van der Waals surface area contributed by atoms with Crippen molar-refractivity contribution in [3.63, 3.8) is 0 Å². The summed E-state index contributed by atoms with van der Waals surface area (Å²) in [6.07, 6.45) is 2.03. The molecule has 7 heteroatoms. The number of nitrogens with zero attached hydrogens (tertiary/aromatic N) is 2. The van der Waals surface area contributed by atoms with Crippen molar-refractivity contribution in [1.29, 1.82) is 0 Å². The van der Waals surface area contributed by atoms with Crippen LogP contribution in [-0.4, -0.2) is 36.7 Å². The fourth-order valence-electron chi connectivity index (χ4n) is 3.23. The highest BCUT2D eigenvalue weighted by Crippen LogP contribution is 2.35. The summed E-state index contributed by atoms with van der Waals surface area (Å²) in [5.41, 5.74) is 3.38. The average Bonchev–Trinajstić information content (AvgIpc) is 3.23. The van der Waals surface area contributed by atoms with E-state index in [-0.39, 0.29) is 6.10 Å². The molecular weight excluding hydrogens is 372 g/mol. The predicted octanol–water partition coefficient (Wildman–Crippen LogP) is 3.47. The van der Waals surface area contributed by atoms with Gasteiger partial charge in [-0.05, 0) is 39.8 Å². The second-order valence-corrected chi connectivity index (χ2v) is 7.93. The van der Waals surface area contributed by atoms with Crippen LogP contribution in [0.5, 0.6) is 11.5 Å². The van der Waals surface area contributed by atoms with E-state index < -0.39 is 0 Å². The van der Waals surface area contributed by atoms with Crippen molar-refractivity contribution in [3.8, 4) is 11.5 Å². The van der Waals surface area contributed by atoms with Gasteiger partial charge in [0, 0.05) is 42.4 Å². The highest BCUT2D eigenvalue weighted by Gasteiger charge is 2.21. The third-order valence-electron chi connectivity index (χ3n) is 4.47. The molecule has 1 aliphatic rings. The van der Waals surface area contributed by atoms with Crippen molar-refractivity contribution >= 4 is 17.3 Å². The van der Waals surface area contributed by atoms with Crippen molar-refractivity contribution in [3.05, 3.63) is 39.3 Å². The van der Waals surface area contributed by atoms with E-state index in [0.717, 1.165) is 59.7 Å². The molecule has 0 bridgehead atoms. The van der Waals surface area contributed by atoms with Crippen molar-refractivity contribution in [2.45, 2.75) is 53.2 Å². The van der Waals surface area contributed by atoms with Crippen molar-refractivity contribution in [2.75, 3.05) is 19.7 Å². The summed E-state index contributed by atoms with van der Waals surface area (Å²) < 4.78 is 11.8. The number of guanidine groups is 1. The van der Waals surface area contributed by atoms with E-state index in [1.165, 1.54) is 5.56 Å². The topological polar surface area (TPSA) is 67.8 Å². The Hall–Kier alpha value is -2.28. The number of fused-ring (bicyclic) bond motifs is 1. The molecule has 1 aliphatic heterocycles. The lowest BCUT2D eigenvalue weighted by molar-refractivity contribution is 0.254. The molecule has 3 rings (SSSR count). The molecule has 0 radical (unpaired) electrons. The van der Waals surface area contributed by atoms with Gasteiger partial charge in [0.1, 0.15) is 17.6 Å². The Morgan fingerprint density at radius 3 is 2.93 bits per heavy atom. The van der Waals surface area contributed by atoms with E-state index in [9.17, 15) is 0 Å². The highest BCUT2D eigenvalue weighted by atomic mass is 32.1. The summed E-state index contributed by atoms with van der Waals surface area (Å²) in [6.45, 7) is 11.0. The second-order valence-electron chi connectivity index (χ2n) is 6.86. The van der Waals surface area contributed by atoms with Crippen molar-refractivity contribution in [2.24, 2.45) is 4.99 Å². The Balaban J connectivity index is 1.67. The smallest absolute Gasteiger partial charge is 0.191 e. The molecule has 28 heavy (non-hydrogen) atoms. The summed E-state index contributed by atoms with van der Waals surface area (Å²) in [5, 5.41) is 9.91. The van der Waals surface area contributed by atoms with E-state index in [4.69, 9.17) is 14.5 Å². The minimum absolute atomic E-state index is 0.219. The number of rotatable bonds is 8. The average molecular weight is 403 g/mol. The first-order valence-corrected chi connectivity index (χ1v) is 10.9. The lowest BCUT2D eigenvalue weighted by Gasteiger charge is -2.13. The van der Waals surface area contributed by atoms with Gasteiger partial charge in [0.2, 0.25) is 0 Å². The van der Waals surface area contributed by atoms with E-state index in [0.29, 0.717) is 13.2 Å². The van der Waals surface area contributed by atoms with Gasteiger partial charge < -0.3 is 20.1 Å². The maximum absolute atomic E-state index is 5.91. The summed E-state index contributed by atoms with van der Waals surface area (Å²) in [5.74, 6) is 2.65. The molecule has 1 atom stereocenters. The number of nitrogens with one attached hydrogen (secondary N) is 2. The zero-order valence-corrected chi connectivity index (χ0v) is 18.0. The molecule has 6 nitrogen and oxygen atoms in total. The number of aromatic nitrogens is 1. The van der Waals surface area contributed by atoms with Gasteiger partial charge in [-0.1, -0.05) is 0 Å². The van der Waals surface area contributed by atoms with Gasteiger partial charge in [0.25, 0.3) is 0 Å². The summed E-state index contributed by atoms with van der Waals surface area (Å²) in [6, 6.07) is 4.19. The lowest BCUT2D eigenvalue weighted by atomic mass is 10.1. The number of thiazole rings is 1. The van der Waals surface area contributed by atoms with Gasteiger partial charge >= 0.3 is 0 Å². The summed E-state index contributed by atoms with van der Waals surface area (Å²) in [7, 11) is 0. The van der Waals surface area contributed by atoms with Crippen LogP contribution in [0, 0.1) is 6.92 Å². The Morgan fingerprint density at radius 1 is 1.36 bits per heavy atom. The number of ether oxygens (including phenoxy) is 2. The molecule has 0 fully saturated rings. The Kier molecular flexibility index (Phi) is 7.14. The zero-order valence-electron chi connectivity index (χ0n) is 17.2. The molecule has 0 aliphatic carbocycles. The quantitative estimate of drug-likeness (QED) is 0.523. The molecule has 2 N–H and O–H groups in total. The van der Waals surface area contributed by atoms with E-state index in [1.807, 2.05) is 13.8 Å². The van der Waals surface area contributed by atoms with Crippen LogP contribution in [0.4, 0.5) is 0 Å². The maximum atomic E-state index is 5.91. The van der Waals surface area contributed by atoms with Gasteiger partial charge in [-0.15, -0.1) is 11.3 Å². The van der Waals surface area contributed by atoms with Gasteiger partial charge in [0.15, 0.2) is 5.96 Å². The Morgan fingerprint density at radius 2 is 2.21 bits per heavy atom. The molecular formula is C21H30N4O2S. The van der Waals surface area contributed by atoms with Crippen LogP contribution >= 0.6 is 11.3 Å². The fraction of sp³-hybridized carbons (Fsp3) is 0.524. The third kappa shape index (κ3) is 5.38. The zero-order chi connectivity index (χ0) is 19.9.